The Morgan fingerprint density at radius 2 is 2.08 bits per heavy atom. The Balaban J connectivity index is 1.68. The number of morpholine rings is 1. The number of carbonyl (C=O) groups excluding carboxylic acids is 1. The number of nitrogens with zero attached hydrogens (tertiary/aromatic N) is 1. The Morgan fingerprint density at radius 3 is 2.79 bits per heavy atom. The van der Waals surface area contributed by atoms with Gasteiger partial charge in [0.1, 0.15) is 5.75 Å². The number of amides is 1. The number of aryl methyl sites for hydroxylation is 2. The summed E-state index contributed by atoms with van der Waals surface area (Å²) in [6.07, 6.45) is 0. The Morgan fingerprint density at radius 1 is 1.33 bits per heavy atom. The Labute approximate surface area is 142 Å². The second kappa shape index (κ2) is 7.23. The molecule has 0 spiro atoms. The molecule has 6 nitrogen and oxygen atoms in total. The van der Waals surface area contributed by atoms with Crippen LogP contribution in [0, 0.1) is 13.8 Å². The van der Waals surface area contributed by atoms with E-state index in [1.807, 2.05) is 6.07 Å². The van der Waals surface area contributed by atoms with Gasteiger partial charge < -0.3 is 19.8 Å². The number of fused-ring (bicyclic) bond motifs is 1. The summed E-state index contributed by atoms with van der Waals surface area (Å²) in [5, 5.41) is 4.15. The van der Waals surface area contributed by atoms with E-state index in [4.69, 9.17) is 9.47 Å². The summed E-state index contributed by atoms with van der Waals surface area (Å²) in [4.78, 5) is 17.7. The zero-order valence-corrected chi connectivity index (χ0v) is 14.6. The molecule has 0 unspecified atom stereocenters. The SMILES string of the molecule is COc1cc2c(C)c(C)[nH]c2cc1CNC(=O)CN1CCOCC1. The minimum Gasteiger partial charge on any atom is -0.496 e. The number of rotatable bonds is 5. The molecule has 1 aromatic heterocycles. The normalized spacial score (nSPS) is 15.6. The maximum Gasteiger partial charge on any atom is 0.234 e. The third-order valence-electron chi connectivity index (χ3n) is 4.66. The summed E-state index contributed by atoms with van der Waals surface area (Å²) in [7, 11) is 1.66. The van der Waals surface area contributed by atoms with Gasteiger partial charge in [0.05, 0.1) is 26.9 Å². The monoisotopic (exact) mass is 331 g/mol. The van der Waals surface area contributed by atoms with Crippen molar-refractivity contribution in [1.82, 2.24) is 15.2 Å². The van der Waals surface area contributed by atoms with Crippen molar-refractivity contribution < 1.29 is 14.3 Å². The van der Waals surface area contributed by atoms with Crippen LogP contribution in [0.3, 0.4) is 0 Å². The number of H-pyrrole nitrogens is 1. The smallest absolute Gasteiger partial charge is 0.234 e. The molecular weight excluding hydrogens is 306 g/mol. The van der Waals surface area contributed by atoms with Crippen molar-refractivity contribution >= 4 is 16.8 Å². The number of ether oxygens (including phenoxy) is 2. The third kappa shape index (κ3) is 3.55. The first-order valence-corrected chi connectivity index (χ1v) is 8.31. The van der Waals surface area contributed by atoms with Crippen LogP contribution in [0.15, 0.2) is 12.1 Å². The number of hydrogen-bond acceptors (Lipinski definition) is 4. The minimum atomic E-state index is 0.0258. The number of methoxy groups -OCH3 is 1. The Kier molecular flexibility index (Phi) is 5.06. The second-order valence-electron chi connectivity index (χ2n) is 6.25. The molecule has 1 saturated heterocycles. The zero-order chi connectivity index (χ0) is 17.1. The van der Waals surface area contributed by atoms with Crippen LogP contribution in [0.4, 0.5) is 0 Å². The van der Waals surface area contributed by atoms with Crippen LogP contribution in [0.5, 0.6) is 5.75 Å². The molecule has 1 aromatic carbocycles. The molecule has 0 saturated carbocycles. The van der Waals surface area contributed by atoms with E-state index in [0.717, 1.165) is 41.0 Å². The van der Waals surface area contributed by atoms with Gasteiger partial charge in [-0.1, -0.05) is 0 Å². The lowest BCUT2D eigenvalue weighted by Crippen LogP contribution is -2.43. The van der Waals surface area contributed by atoms with Gasteiger partial charge in [0.15, 0.2) is 0 Å². The van der Waals surface area contributed by atoms with Crippen LogP contribution in [-0.4, -0.2) is 55.7 Å². The van der Waals surface area contributed by atoms with Crippen LogP contribution in [0.1, 0.15) is 16.8 Å². The molecule has 1 amide bonds. The third-order valence-corrected chi connectivity index (χ3v) is 4.66. The number of aromatic amines is 1. The largest absolute Gasteiger partial charge is 0.496 e. The first kappa shape index (κ1) is 16.8. The highest BCUT2D eigenvalue weighted by Crippen LogP contribution is 2.29. The average molecular weight is 331 g/mol. The summed E-state index contributed by atoms with van der Waals surface area (Å²) in [6.45, 7) is 8.04. The molecule has 3 rings (SSSR count). The van der Waals surface area contributed by atoms with Crippen LogP contribution < -0.4 is 10.1 Å². The highest BCUT2D eigenvalue weighted by atomic mass is 16.5. The molecule has 130 valence electrons. The molecule has 0 bridgehead atoms. The van der Waals surface area contributed by atoms with Gasteiger partial charge in [-0.3, -0.25) is 9.69 Å². The summed E-state index contributed by atoms with van der Waals surface area (Å²) in [6, 6.07) is 4.10. The molecule has 0 radical (unpaired) electrons. The van der Waals surface area contributed by atoms with E-state index < -0.39 is 0 Å². The van der Waals surface area contributed by atoms with Crippen molar-refractivity contribution in [3.05, 3.63) is 29.0 Å². The van der Waals surface area contributed by atoms with Gasteiger partial charge in [0.2, 0.25) is 5.91 Å². The fourth-order valence-corrected chi connectivity index (χ4v) is 3.08. The standard InChI is InChI=1S/C18H25N3O3/c1-12-13(2)20-16-8-14(17(23-3)9-15(12)16)10-19-18(22)11-21-4-6-24-7-5-21/h8-9,20H,4-7,10-11H2,1-3H3,(H,19,22). The summed E-state index contributed by atoms with van der Waals surface area (Å²) >= 11 is 0. The molecule has 2 heterocycles. The topological polar surface area (TPSA) is 66.6 Å². The zero-order valence-electron chi connectivity index (χ0n) is 14.6. The molecule has 1 aliphatic heterocycles. The van der Waals surface area contributed by atoms with Crippen molar-refractivity contribution in [2.24, 2.45) is 0 Å². The van der Waals surface area contributed by atoms with Crippen LogP contribution in [0.2, 0.25) is 0 Å². The van der Waals surface area contributed by atoms with Crippen LogP contribution in [0.25, 0.3) is 10.9 Å². The van der Waals surface area contributed by atoms with Crippen molar-refractivity contribution in [3.8, 4) is 5.75 Å². The summed E-state index contributed by atoms with van der Waals surface area (Å²) < 4.78 is 10.8. The van der Waals surface area contributed by atoms with E-state index in [1.165, 1.54) is 5.56 Å². The van der Waals surface area contributed by atoms with Gasteiger partial charge >= 0.3 is 0 Å². The number of nitrogens with one attached hydrogen (secondary N) is 2. The lowest BCUT2D eigenvalue weighted by atomic mass is 10.1. The van der Waals surface area contributed by atoms with E-state index in [9.17, 15) is 4.79 Å². The van der Waals surface area contributed by atoms with E-state index in [2.05, 4.69) is 35.1 Å². The lowest BCUT2D eigenvalue weighted by molar-refractivity contribution is -0.123. The molecular formula is C18H25N3O3. The number of carbonyl (C=O) groups is 1. The van der Waals surface area contributed by atoms with Gasteiger partial charge in [0, 0.05) is 41.8 Å². The van der Waals surface area contributed by atoms with Crippen molar-refractivity contribution in [2.45, 2.75) is 20.4 Å². The Bertz CT molecular complexity index is 733. The molecule has 1 fully saturated rings. The fourth-order valence-electron chi connectivity index (χ4n) is 3.08. The number of hydrogen-bond donors (Lipinski definition) is 2. The van der Waals surface area contributed by atoms with E-state index in [0.29, 0.717) is 26.3 Å². The van der Waals surface area contributed by atoms with Crippen LogP contribution >= 0.6 is 0 Å². The fraction of sp³-hybridized carbons (Fsp3) is 0.500. The molecule has 2 N–H and O–H groups in total. The molecule has 6 heteroatoms. The minimum absolute atomic E-state index is 0.0258. The predicted octanol–water partition coefficient (Wildman–Crippen LogP) is 1.74. The highest BCUT2D eigenvalue weighted by molar-refractivity contribution is 5.87. The van der Waals surface area contributed by atoms with Crippen molar-refractivity contribution in [2.75, 3.05) is 40.0 Å². The summed E-state index contributed by atoms with van der Waals surface area (Å²) in [5.74, 6) is 0.828. The molecule has 0 atom stereocenters. The average Bonchev–Trinajstić information content (AvgIpc) is 2.87. The second-order valence-corrected chi connectivity index (χ2v) is 6.25. The maximum atomic E-state index is 12.2. The van der Waals surface area contributed by atoms with Gasteiger partial charge in [-0.15, -0.1) is 0 Å². The quantitative estimate of drug-likeness (QED) is 0.876. The van der Waals surface area contributed by atoms with Crippen molar-refractivity contribution in [3.63, 3.8) is 0 Å². The van der Waals surface area contributed by atoms with Gasteiger partial charge in [0.25, 0.3) is 0 Å². The van der Waals surface area contributed by atoms with Crippen molar-refractivity contribution in [1.29, 1.82) is 0 Å². The van der Waals surface area contributed by atoms with E-state index in [1.54, 1.807) is 7.11 Å². The van der Waals surface area contributed by atoms with E-state index in [-0.39, 0.29) is 5.91 Å². The predicted molar refractivity (Wildman–Crippen MR) is 93.4 cm³/mol. The van der Waals surface area contributed by atoms with E-state index >= 15 is 0 Å². The molecule has 1 aliphatic rings. The lowest BCUT2D eigenvalue weighted by Gasteiger charge is -2.25. The van der Waals surface area contributed by atoms with Gasteiger partial charge in [-0.25, -0.2) is 0 Å². The Hall–Kier alpha value is -2.05. The molecule has 2 aromatic rings. The highest BCUT2D eigenvalue weighted by Gasteiger charge is 2.15. The van der Waals surface area contributed by atoms with Gasteiger partial charge in [-0.05, 0) is 31.5 Å². The molecule has 24 heavy (non-hydrogen) atoms. The molecule has 0 aliphatic carbocycles. The summed E-state index contributed by atoms with van der Waals surface area (Å²) in [5.41, 5.74) is 4.43. The number of benzene rings is 1. The first-order valence-electron chi connectivity index (χ1n) is 8.31. The first-order chi connectivity index (χ1) is 11.6. The number of aromatic nitrogens is 1. The maximum absolute atomic E-state index is 12.2. The van der Waals surface area contributed by atoms with Crippen LogP contribution in [-0.2, 0) is 16.1 Å². The van der Waals surface area contributed by atoms with Gasteiger partial charge in [-0.2, -0.15) is 0 Å².